The number of hydrogen-bond donors (Lipinski definition) is 2. The normalized spacial score (nSPS) is 11.3. The van der Waals surface area contributed by atoms with Gasteiger partial charge in [-0.25, -0.2) is 17.2 Å². The molecule has 1 amide bonds. The van der Waals surface area contributed by atoms with Crippen LogP contribution < -0.4 is 4.72 Å². The largest absolute Gasteiger partial charge is 0.328 e. The Morgan fingerprint density at radius 2 is 1.63 bits per heavy atom. The summed E-state index contributed by atoms with van der Waals surface area (Å²) in [5.74, 6) is -1.74. The lowest BCUT2D eigenvalue weighted by Crippen LogP contribution is -2.31. The van der Waals surface area contributed by atoms with Gasteiger partial charge in [0.2, 0.25) is 0 Å². The molecule has 1 heterocycles. The highest BCUT2D eigenvalue weighted by Gasteiger charge is 2.24. The van der Waals surface area contributed by atoms with Crippen LogP contribution in [0.2, 0.25) is 0 Å². The molecule has 0 atom stereocenters. The van der Waals surface area contributed by atoms with Crippen molar-refractivity contribution in [2.24, 2.45) is 0 Å². The van der Waals surface area contributed by atoms with Crippen molar-refractivity contribution in [3.8, 4) is 0 Å². The second-order valence-electron chi connectivity index (χ2n) is 7.98. The molecule has 0 bridgehead atoms. The fraction of sp³-hybridized carbons (Fsp3) is 0.120. The van der Waals surface area contributed by atoms with Gasteiger partial charge in [0.25, 0.3) is 15.9 Å². The molecular weight excluding hydrogens is 474 g/mol. The maximum Gasteiger partial charge on any atom is 0.261 e. The lowest BCUT2D eigenvalue weighted by Gasteiger charge is -2.24. The van der Waals surface area contributed by atoms with Gasteiger partial charge in [-0.05, 0) is 61.0 Å². The monoisotopic (exact) mass is 496 g/mol. The number of halogens is 2. The highest BCUT2D eigenvalue weighted by atomic mass is 32.2. The van der Waals surface area contributed by atoms with Crippen LogP contribution in [0.25, 0.3) is 0 Å². The van der Waals surface area contributed by atoms with Crippen LogP contribution in [0.4, 0.5) is 14.5 Å². The zero-order chi connectivity index (χ0) is 25.0. The Morgan fingerprint density at radius 3 is 2.29 bits per heavy atom. The molecule has 4 rings (SSSR count). The first-order valence-electron chi connectivity index (χ1n) is 10.6. The van der Waals surface area contributed by atoms with E-state index in [9.17, 15) is 22.0 Å². The number of aromatic nitrogens is 2. The summed E-state index contributed by atoms with van der Waals surface area (Å²) in [4.78, 5) is 15.0. The van der Waals surface area contributed by atoms with Crippen LogP contribution in [0, 0.1) is 18.6 Å². The molecule has 10 heteroatoms. The van der Waals surface area contributed by atoms with Crippen LogP contribution in [-0.4, -0.2) is 29.4 Å². The molecule has 1 aromatic heterocycles. The summed E-state index contributed by atoms with van der Waals surface area (Å²) in [5.41, 5.74) is 1.90. The molecule has 0 unspecified atom stereocenters. The van der Waals surface area contributed by atoms with E-state index >= 15 is 0 Å². The molecule has 4 aromatic rings. The van der Waals surface area contributed by atoms with Crippen LogP contribution in [-0.2, 0) is 23.1 Å². The third-order valence-corrected chi connectivity index (χ3v) is 6.66. The molecule has 7 nitrogen and oxygen atoms in total. The predicted octanol–water partition coefficient (Wildman–Crippen LogP) is 4.64. The van der Waals surface area contributed by atoms with Crippen LogP contribution in [0.15, 0.2) is 83.9 Å². The minimum atomic E-state index is -4.04. The SMILES string of the molecule is Cc1ccc(S(=O)(=O)Nc2ccc(F)cc2C(=O)N(Cc2ccc(F)cc2)Cc2ccn[nH]2)cc1. The van der Waals surface area contributed by atoms with E-state index in [1.165, 1.54) is 53.6 Å². The third-order valence-electron chi connectivity index (χ3n) is 5.28. The number of aromatic amines is 1. The molecule has 180 valence electrons. The summed E-state index contributed by atoms with van der Waals surface area (Å²) in [6.07, 6.45) is 1.53. The van der Waals surface area contributed by atoms with Crippen molar-refractivity contribution in [2.75, 3.05) is 4.72 Å². The highest BCUT2D eigenvalue weighted by Crippen LogP contribution is 2.25. The van der Waals surface area contributed by atoms with Crippen LogP contribution in [0.3, 0.4) is 0 Å². The van der Waals surface area contributed by atoms with Crippen LogP contribution >= 0.6 is 0 Å². The second kappa shape index (κ2) is 10.1. The Balaban J connectivity index is 1.68. The van der Waals surface area contributed by atoms with Gasteiger partial charge >= 0.3 is 0 Å². The zero-order valence-corrected chi connectivity index (χ0v) is 19.5. The van der Waals surface area contributed by atoms with E-state index in [0.717, 1.165) is 17.7 Å². The van der Waals surface area contributed by atoms with Gasteiger partial charge in [-0.3, -0.25) is 14.6 Å². The zero-order valence-electron chi connectivity index (χ0n) is 18.7. The van der Waals surface area contributed by atoms with Crippen molar-refractivity contribution in [2.45, 2.75) is 24.9 Å². The first kappa shape index (κ1) is 24.1. The van der Waals surface area contributed by atoms with E-state index in [1.807, 2.05) is 6.92 Å². The number of nitrogens with one attached hydrogen (secondary N) is 2. The molecule has 2 N–H and O–H groups in total. The van der Waals surface area contributed by atoms with E-state index in [2.05, 4.69) is 14.9 Å². The van der Waals surface area contributed by atoms with Crippen molar-refractivity contribution in [3.63, 3.8) is 0 Å². The van der Waals surface area contributed by atoms with Crippen molar-refractivity contribution in [3.05, 3.63) is 113 Å². The van der Waals surface area contributed by atoms with Crippen LogP contribution in [0.5, 0.6) is 0 Å². The Bertz CT molecular complexity index is 1420. The number of carbonyl (C=O) groups is 1. The molecule has 0 fully saturated rings. The minimum Gasteiger partial charge on any atom is -0.328 e. The van der Waals surface area contributed by atoms with Gasteiger partial charge in [0.1, 0.15) is 11.6 Å². The Labute approximate surface area is 201 Å². The summed E-state index contributed by atoms with van der Waals surface area (Å²) in [5, 5.41) is 6.65. The van der Waals surface area contributed by atoms with Gasteiger partial charge in [0, 0.05) is 12.7 Å². The Kier molecular flexibility index (Phi) is 6.92. The van der Waals surface area contributed by atoms with Gasteiger partial charge in [-0.15, -0.1) is 0 Å². The lowest BCUT2D eigenvalue weighted by molar-refractivity contribution is 0.0728. The molecule has 0 aliphatic carbocycles. The smallest absolute Gasteiger partial charge is 0.261 e. The van der Waals surface area contributed by atoms with Crippen LogP contribution in [0.1, 0.15) is 27.2 Å². The molecule has 0 aliphatic heterocycles. The maximum atomic E-state index is 14.2. The van der Waals surface area contributed by atoms with Crippen molar-refractivity contribution >= 4 is 21.6 Å². The number of benzene rings is 3. The first-order valence-corrected chi connectivity index (χ1v) is 12.1. The third kappa shape index (κ3) is 5.90. The number of carbonyl (C=O) groups excluding carboxylic acids is 1. The van der Waals surface area contributed by atoms with Gasteiger partial charge in [0.05, 0.1) is 28.4 Å². The van der Waals surface area contributed by atoms with Crippen molar-refractivity contribution in [1.82, 2.24) is 15.1 Å². The second-order valence-corrected chi connectivity index (χ2v) is 9.66. The minimum absolute atomic E-state index is 0.00597. The highest BCUT2D eigenvalue weighted by molar-refractivity contribution is 7.92. The summed E-state index contributed by atoms with van der Waals surface area (Å²) >= 11 is 0. The molecule has 0 radical (unpaired) electrons. The molecule has 35 heavy (non-hydrogen) atoms. The summed E-state index contributed by atoms with van der Waals surface area (Å²) in [7, 11) is -4.04. The lowest BCUT2D eigenvalue weighted by atomic mass is 10.1. The fourth-order valence-electron chi connectivity index (χ4n) is 3.46. The number of aryl methyl sites for hydroxylation is 1. The van der Waals surface area contributed by atoms with Gasteiger partial charge in [-0.1, -0.05) is 29.8 Å². The first-order chi connectivity index (χ1) is 16.7. The van der Waals surface area contributed by atoms with E-state index in [4.69, 9.17) is 0 Å². The number of anilines is 1. The standard InChI is InChI=1S/C25H22F2N4O3S/c1-17-2-9-22(10-3-17)35(33,34)30-24-11-8-20(27)14-23(24)25(32)31(16-21-12-13-28-29-21)15-18-4-6-19(26)7-5-18/h2-14,30H,15-16H2,1H3,(H,28,29). The topological polar surface area (TPSA) is 95.2 Å². The summed E-state index contributed by atoms with van der Waals surface area (Å²) in [6.45, 7) is 1.98. The predicted molar refractivity (Wildman–Crippen MR) is 127 cm³/mol. The molecule has 0 aliphatic rings. The van der Waals surface area contributed by atoms with E-state index in [-0.39, 0.29) is 29.2 Å². The number of sulfonamides is 1. The molecule has 0 saturated heterocycles. The number of H-pyrrole nitrogens is 1. The van der Waals surface area contributed by atoms with Gasteiger partial charge < -0.3 is 4.90 Å². The van der Waals surface area contributed by atoms with E-state index in [1.54, 1.807) is 18.2 Å². The van der Waals surface area contributed by atoms with Gasteiger partial charge in [0.15, 0.2) is 0 Å². The number of rotatable bonds is 8. The Morgan fingerprint density at radius 1 is 0.943 bits per heavy atom. The summed E-state index contributed by atoms with van der Waals surface area (Å²) < 4.78 is 55.9. The average Bonchev–Trinajstić information content (AvgIpc) is 3.34. The average molecular weight is 497 g/mol. The fourth-order valence-corrected chi connectivity index (χ4v) is 4.54. The summed E-state index contributed by atoms with van der Waals surface area (Å²) in [6, 6.07) is 16.8. The van der Waals surface area contributed by atoms with Crippen molar-refractivity contribution < 1.29 is 22.0 Å². The quantitative estimate of drug-likeness (QED) is 0.372. The number of nitrogens with zero attached hydrogens (tertiary/aromatic N) is 2. The molecule has 0 saturated carbocycles. The van der Waals surface area contributed by atoms with Crippen molar-refractivity contribution in [1.29, 1.82) is 0 Å². The molecular formula is C25H22F2N4O3S. The number of amides is 1. The number of hydrogen-bond acceptors (Lipinski definition) is 4. The van der Waals surface area contributed by atoms with E-state index < -0.39 is 27.6 Å². The molecule has 0 spiro atoms. The van der Waals surface area contributed by atoms with Gasteiger partial charge in [-0.2, -0.15) is 5.10 Å². The van der Waals surface area contributed by atoms with E-state index in [0.29, 0.717) is 11.3 Å². The maximum absolute atomic E-state index is 14.2. The molecule has 3 aromatic carbocycles. The Hall–Kier alpha value is -4.05.